The molecule has 51 heteroatoms. The van der Waals surface area contributed by atoms with Crippen molar-refractivity contribution in [1.29, 1.82) is 0 Å². The number of aliphatic carboxylic acids is 3. The predicted octanol–water partition coefficient (Wildman–Crippen LogP) is -13.5. The number of aliphatic hydroxyl groups is 8. The van der Waals surface area contributed by atoms with E-state index in [1.165, 1.54) is 6.92 Å². The highest BCUT2D eigenvalue weighted by Crippen LogP contribution is 2.32. The van der Waals surface area contributed by atoms with Crippen molar-refractivity contribution in [3.05, 3.63) is 35.9 Å². The molecule has 23 atom stereocenters. The molecule has 0 unspecified atom stereocenters. The lowest BCUT2D eigenvalue weighted by molar-refractivity contribution is -0.371. The van der Waals surface area contributed by atoms with Crippen molar-refractivity contribution in [2.24, 2.45) is 28.9 Å². The number of likely N-dealkylation sites (tertiary alicyclic amines) is 2. The molecule has 718 valence electrons. The highest BCUT2D eigenvalue weighted by Gasteiger charge is 2.52. The van der Waals surface area contributed by atoms with E-state index in [1.807, 2.05) is 0 Å². The van der Waals surface area contributed by atoms with E-state index in [9.17, 15) is 142 Å². The SMILES string of the molecule is CC[C@H](C)[C@H](NC(=O)CNC(=O)[C@@H]1C[C@@H](O)CN1C(=O)[C@H](CCC(=O)O)NC(=O)CN)C(=O)N[C@@H](C)C(=O)NCC(=O)N[C@@H](Cc1ccccc1)C(=O)N[C@@H](CC[C@H](CN)O[C@@H]1O[C@H](CO)[C@H](O)[C@H](O)[C@H]1O[C@H]1O[C@H](CO)[C@@H](O)[C@H](O)[C@H]1O)C(=O)NCC(=O)N[C@@H](CCC(=O)O)C(=O)N[C@@H](CCC(N)=O)C(=O)NCC(=O)N1CCC[C@H]1C(=O)N[C@@H](CCCCN)C(=O)O. The van der Waals surface area contributed by atoms with Crippen LogP contribution in [0.15, 0.2) is 30.3 Å². The van der Waals surface area contributed by atoms with Gasteiger partial charge < -0.3 is 172 Å². The molecule has 0 radical (unpaired) electrons. The summed E-state index contributed by atoms with van der Waals surface area (Å²) in [6.07, 6.45) is -25.6. The van der Waals surface area contributed by atoms with E-state index < -0.39 is 357 Å². The van der Waals surface area contributed by atoms with Crippen molar-refractivity contribution >= 4 is 107 Å². The summed E-state index contributed by atoms with van der Waals surface area (Å²) in [5.74, 6) is -19.9. The molecule has 0 spiro atoms. The van der Waals surface area contributed by atoms with Gasteiger partial charge in [-0.25, -0.2) is 4.79 Å². The van der Waals surface area contributed by atoms with Gasteiger partial charge in [-0.15, -0.1) is 0 Å². The number of nitrogens with two attached hydrogens (primary N) is 4. The summed E-state index contributed by atoms with van der Waals surface area (Å²) in [7, 11) is 0. The van der Waals surface area contributed by atoms with Gasteiger partial charge in [0.05, 0.1) is 58.1 Å². The van der Waals surface area contributed by atoms with E-state index >= 15 is 0 Å². The maximum absolute atomic E-state index is 14.9. The minimum absolute atomic E-state index is 0.0161. The van der Waals surface area contributed by atoms with Crippen molar-refractivity contribution in [3.8, 4) is 0 Å². The number of unbranched alkanes of at least 4 members (excludes halogenated alkanes) is 1. The maximum atomic E-state index is 14.9. The van der Waals surface area contributed by atoms with Gasteiger partial charge in [-0.3, -0.25) is 81.5 Å². The number of carboxylic acid groups (broad SMARTS) is 3. The van der Waals surface area contributed by atoms with E-state index in [0.717, 1.165) is 9.80 Å². The molecule has 0 aromatic heterocycles. The van der Waals surface area contributed by atoms with Gasteiger partial charge in [0.25, 0.3) is 0 Å². The maximum Gasteiger partial charge on any atom is 0.326 e. The molecular weight excluding hydrogens is 1700 g/mol. The van der Waals surface area contributed by atoms with Gasteiger partial charge in [0.1, 0.15) is 109 Å². The van der Waals surface area contributed by atoms with Crippen molar-refractivity contribution in [1.82, 2.24) is 73.6 Å². The van der Waals surface area contributed by atoms with Crippen molar-refractivity contribution in [2.45, 2.75) is 258 Å². The predicted molar refractivity (Wildman–Crippen MR) is 435 cm³/mol. The van der Waals surface area contributed by atoms with Crippen LogP contribution in [0.1, 0.15) is 123 Å². The molecule has 31 N–H and O–H groups in total. The fourth-order valence-corrected chi connectivity index (χ4v) is 14.1. The fraction of sp³-hybridized carbons (Fsp3) is 0.688. The smallest absolute Gasteiger partial charge is 0.326 e. The summed E-state index contributed by atoms with van der Waals surface area (Å²) in [6.45, 7) is -2.31. The Bertz CT molecular complexity index is 3950. The molecule has 15 amide bonds. The molecule has 0 saturated carbocycles. The Labute approximate surface area is 733 Å². The number of rotatable bonds is 54. The van der Waals surface area contributed by atoms with Gasteiger partial charge in [0.2, 0.25) is 88.6 Å². The standard InChI is InChI=1S/C77H122N18O33/c1-4-36(2)59(93-55(103)31-84-71(119)48-26-39(98)33-95(48)74(122)44(19-22-58(107)108)88-52(100)28-80)73(121)86-37(3)66(114)82-29-54(102)89-46(25-38-11-6-5-7-12-38)70(118)91-41(16-15-40(27-79)125-77-65(63(112)61(110)50(35-97)127-77)128-76-64(113)62(111)60(109)49(34-96)126-76)67(115)83-30-53(101)87-43(18-21-57(105)106)69(117)90-42(17-20-51(81)99)68(116)85-32-56(104)94-24-10-14-47(94)72(120)92-45(75(123)124)13-8-9-23-78/h5-7,11-12,36-37,39-50,59-65,76-77,96-98,109-113H,4,8-10,13-35,78-80H2,1-3H3,(H2,81,99)(H,82,114)(H,83,115)(H,84,119)(H,85,116)(H,86,121)(H,87,101)(H,88,100)(H,89,102)(H,90,117)(H,91,118)(H,92,120)(H,93,103)(H,105,106)(H,107,108)(H,123,124)/t36-,37-,39+,40+,41-,42-,43-,44-,45-,46-,47-,48-,49+,50+,59-,60+,61-,62-,63-,64+,65+,76+,77+/m0/s1. The number of carboxylic acids is 3. The average Bonchev–Trinajstić information content (AvgIpc) is 1.22. The topological polar surface area (TPSA) is 822 Å². The van der Waals surface area contributed by atoms with Gasteiger partial charge in [-0.1, -0.05) is 50.6 Å². The fourth-order valence-electron chi connectivity index (χ4n) is 14.1. The molecule has 5 rings (SSSR count). The first-order valence-electron chi connectivity index (χ1n) is 41.7. The van der Waals surface area contributed by atoms with Gasteiger partial charge in [0, 0.05) is 51.7 Å². The van der Waals surface area contributed by atoms with Crippen LogP contribution in [0.25, 0.3) is 0 Å². The number of ether oxygens (including phenoxy) is 4. The van der Waals surface area contributed by atoms with Gasteiger partial charge >= 0.3 is 17.9 Å². The van der Waals surface area contributed by atoms with Crippen LogP contribution in [0.2, 0.25) is 0 Å². The lowest BCUT2D eigenvalue weighted by Crippen LogP contribution is -2.65. The molecular formula is C77H122N18O33. The Morgan fingerprint density at radius 3 is 1.63 bits per heavy atom. The monoisotopic (exact) mass is 1830 g/mol. The van der Waals surface area contributed by atoms with E-state index in [4.69, 9.17) is 41.9 Å². The third-order valence-corrected chi connectivity index (χ3v) is 21.5. The number of nitrogens with zero attached hydrogens (tertiary/aromatic N) is 2. The third kappa shape index (κ3) is 33.9. The molecule has 0 aliphatic carbocycles. The zero-order valence-electron chi connectivity index (χ0n) is 70.9. The van der Waals surface area contributed by atoms with Crippen LogP contribution < -0.4 is 86.7 Å². The molecule has 4 heterocycles. The summed E-state index contributed by atoms with van der Waals surface area (Å²) in [4.78, 5) is 242. The minimum atomic E-state index is -2.09. The number of nitrogens with one attached hydrogen (secondary N) is 12. The molecule has 4 saturated heterocycles. The third-order valence-electron chi connectivity index (χ3n) is 21.5. The summed E-state index contributed by atoms with van der Waals surface area (Å²) < 4.78 is 23.1. The van der Waals surface area contributed by atoms with Gasteiger partial charge in [0.15, 0.2) is 12.6 Å². The number of primary amides is 1. The molecule has 128 heavy (non-hydrogen) atoms. The lowest BCUT2D eigenvalue weighted by atomic mass is 9.97. The number of hydrogen-bond donors (Lipinski definition) is 27. The van der Waals surface area contributed by atoms with Crippen LogP contribution in [0.3, 0.4) is 0 Å². The first-order chi connectivity index (χ1) is 60.6. The number of amides is 15. The number of carbonyl (C=O) groups is 18. The normalized spacial score (nSPS) is 23.7. The summed E-state index contributed by atoms with van der Waals surface area (Å²) >= 11 is 0. The Balaban J connectivity index is 1.36. The number of hydrogen-bond acceptors (Lipinski definition) is 33. The van der Waals surface area contributed by atoms with Crippen LogP contribution in [0.5, 0.6) is 0 Å². The Hall–Kier alpha value is -10.9. The van der Waals surface area contributed by atoms with E-state index in [0.29, 0.717) is 24.8 Å². The number of β-amino-alcohol motifs (C(OH)–C–C–N with tert-alkyl or cyclic N) is 1. The quantitative estimate of drug-likeness (QED) is 0.0269. The largest absolute Gasteiger partial charge is 0.481 e. The van der Waals surface area contributed by atoms with Crippen molar-refractivity contribution in [3.63, 3.8) is 0 Å². The summed E-state index contributed by atoms with van der Waals surface area (Å²) in [6, 6.07) is -7.52. The Morgan fingerprint density at radius 2 is 1.05 bits per heavy atom. The molecule has 4 aliphatic heterocycles. The molecule has 51 nitrogen and oxygen atoms in total. The van der Waals surface area contributed by atoms with E-state index in [-0.39, 0.29) is 45.2 Å². The Kier molecular flexibility index (Phi) is 45.2. The van der Waals surface area contributed by atoms with Gasteiger partial charge in [-0.05, 0) is 89.2 Å². The molecule has 4 fully saturated rings. The second kappa shape index (κ2) is 53.8. The highest BCUT2D eigenvalue weighted by atomic mass is 16.8. The molecule has 1 aromatic rings. The second-order valence-electron chi connectivity index (χ2n) is 31.2. The van der Waals surface area contributed by atoms with Crippen LogP contribution >= 0.6 is 0 Å². The first kappa shape index (κ1) is 108. The molecule has 1 aromatic carbocycles. The van der Waals surface area contributed by atoms with Crippen molar-refractivity contribution < 1.29 is 161 Å². The van der Waals surface area contributed by atoms with E-state index in [1.54, 1.807) is 44.2 Å². The van der Waals surface area contributed by atoms with Gasteiger partial charge in [-0.2, -0.15) is 0 Å². The molecule has 4 aliphatic rings. The summed E-state index contributed by atoms with van der Waals surface area (Å²) in [5, 5.41) is 142. The minimum Gasteiger partial charge on any atom is -0.481 e. The van der Waals surface area contributed by atoms with Crippen LogP contribution in [0.4, 0.5) is 0 Å². The lowest BCUT2D eigenvalue weighted by Gasteiger charge is -2.46. The number of aliphatic hydroxyl groups excluding tert-OH is 8. The Morgan fingerprint density at radius 1 is 0.516 bits per heavy atom. The number of benzene rings is 1. The van der Waals surface area contributed by atoms with Crippen LogP contribution in [-0.4, -0.2) is 379 Å². The van der Waals surface area contributed by atoms with Crippen LogP contribution in [0, 0.1) is 5.92 Å². The zero-order chi connectivity index (χ0) is 95.3. The van der Waals surface area contributed by atoms with Crippen LogP contribution in [-0.2, 0) is 112 Å². The second-order valence-corrected chi connectivity index (χ2v) is 31.2. The average molecular weight is 1830 g/mol. The summed E-state index contributed by atoms with van der Waals surface area (Å²) in [5.41, 5.74) is 22.9. The van der Waals surface area contributed by atoms with Crippen molar-refractivity contribution in [2.75, 3.05) is 72.1 Å². The van der Waals surface area contributed by atoms with E-state index in [2.05, 4.69) is 63.8 Å². The number of carbonyl (C=O) groups excluding carboxylic acids is 15. The zero-order valence-corrected chi connectivity index (χ0v) is 70.9. The first-order valence-corrected chi connectivity index (χ1v) is 41.7. The molecule has 0 bridgehead atoms. The highest BCUT2D eigenvalue weighted by molar-refractivity contribution is 5.99.